The first kappa shape index (κ1) is 12.0. The Kier molecular flexibility index (Phi) is 4.90. The van der Waals surface area contributed by atoms with Crippen molar-refractivity contribution in [3.05, 3.63) is 0 Å². The van der Waals surface area contributed by atoms with E-state index in [1.807, 2.05) is 0 Å². The van der Waals surface area contributed by atoms with Gasteiger partial charge in [-0.3, -0.25) is 0 Å². The van der Waals surface area contributed by atoms with Gasteiger partial charge in [-0.05, 0) is 38.3 Å². The molecule has 1 unspecified atom stereocenters. The molecule has 0 saturated heterocycles. The zero-order valence-electron chi connectivity index (χ0n) is 9.81. The van der Waals surface area contributed by atoms with Crippen molar-refractivity contribution >= 4 is 0 Å². The van der Waals surface area contributed by atoms with E-state index < -0.39 is 0 Å². The summed E-state index contributed by atoms with van der Waals surface area (Å²) >= 11 is 0. The molecule has 0 aromatic carbocycles. The molecule has 0 amide bonds. The molecule has 2 nitrogen and oxygen atoms in total. The summed E-state index contributed by atoms with van der Waals surface area (Å²) in [5, 5.41) is 3.51. The lowest BCUT2D eigenvalue weighted by molar-refractivity contribution is 0.383. The Bertz CT molecular complexity index is 150. The maximum atomic E-state index is 6.27. The molecule has 1 saturated carbocycles. The summed E-state index contributed by atoms with van der Waals surface area (Å²) < 4.78 is 0. The Labute approximate surface area is 88.6 Å². The molecular weight excluding hydrogens is 172 g/mol. The van der Waals surface area contributed by atoms with Crippen LogP contribution in [0.3, 0.4) is 0 Å². The molecule has 0 bridgehead atoms. The smallest absolute Gasteiger partial charge is 0.0166 e. The van der Waals surface area contributed by atoms with Crippen molar-refractivity contribution < 1.29 is 0 Å². The monoisotopic (exact) mass is 198 g/mol. The van der Waals surface area contributed by atoms with Gasteiger partial charge in [0, 0.05) is 5.54 Å². The Hall–Kier alpha value is -0.0800. The third-order valence-electron chi connectivity index (χ3n) is 3.59. The highest BCUT2D eigenvalue weighted by molar-refractivity contribution is 4.89. The Morgan fingerprint density at radius 2 is 2.00 bits per heavy atom. The van der Waals surface area contributed by atoms with Gasteiger partial charge in [0.05, 0.1) is 0 Å². The fraction of sp³-hybridized carbons (Fsp3) is 1.00. The summed E-state index contributed by atoms with van der Waals surface area (Å²) in [5.41, 5.74) is 6.44. The van der Waals surface area contributed by atoms with Crippen molar-refractivity contribution in [3.63, 3.8) is 0 Å². The predicted molar refractivity (Wildman–Crippen MR) is 62.3 cm³/mol. The molecule has 14 heavy (non-hydrogen) atoms. The van der Waals surface area contributed by atoms with E-state index in [-0.39, 0.29) is 5.54 Å². The van der Waals surface area contributed by atoms with Crippen LogP contribution in [0.5, 0.6) is 0 Å². The summed E-state index contributed by atoms with van der Waals surface area (Å²) in [6, 6.07) is 0. The van der Waals surface area contributed by atoms with Gasteiger partial charge < -0.3 is 11.1 Å². The molecule has 1 fully saturated rings. The van der Waals surface area contributed by atoms with Gasteiger partial charge in [-0.25, -0.2) is 0 Å². The highest BCUT2D eigenvalue weighted by Gasteiger charge is 2.28. The van der Waals surface area contributed by atoms with Gasteiger partial charge in [0.15, 0.2) is 0 Å². The van der Waals surface area contributed by atoms with Gasteiger partial charge in [-0.1, -0.05) is 33.1 Å². The van der Waals surface area contributed by atoms with Crippen molar-refractivity contribution in [1.82, 2.24) is 5.32 Å². The first-order valence-electron chi connectivity index (χ1n) is 6.16. The molecule has 2 heteroatoms. The first-order valence-corrected chi connectivity index (χ1v) is 6.16. The summed E-state index contributed by atoms with van der Waals surface area (Å²) in [6.45, 7) is 6.78. The largest absolute Gasteiger partial charge is 0.325 e. The third kappa shape index (κ3) is 3.97. The van der Waals surface area contributed by atoms with Crippen molar-refractivity contribution in [1.29, 1.82) is 0 Å². The first-order chi connectivity index (χ1) is 6.66. The van der Waals surface area contributed by atoms with Crippen LogP contribution in [0.15, 0.2) is 0 Å². The zero-order chi connectivity index (χ0) is 10.4. The average molecular weight is 198 g/mol. The molecule has 0 aliphatic heterocycles. The SMILES string of the molecule is CCC(C)CNCCC1(N)CCCC1. The minimum Gasteiger partial charge on any atom is -0.325 e. The minimum atomic E-state index is 0.169. The van der Waals surface area contributed by atoms with Crippen LogP contribution in [0.1, 0.15) is 52.4 Å². The van der Waals surface area contributed by atoms with Gasteiger partial charge in [0.1, 0.15) is 0 Å². The molecule has 84 valence electrons. The number of hydrogen-bond acceptors (Lipinski definition) is 2. The van der Waals surface area contributed by atoms with Crippen LogP contribution in [0, 0.1) is 5.92 Å². The average Bonchev–Trinajstić information content (AvgIpc) is 2.60. The van der Waals surface area contributed by atoms with Gasteiger partial charge in [0.25, 0.3) is 0 Å². The normalized spacial score (nSPS) is 22.5. The summed E-state index contributed by atoms with van der Waals surface area (Å²) in [4.78, 5) is 0. The number of nitrogens with two attached hydrogens (primary N) is 1. The zero-order valence-corrected chi connectivity index (χ0v) is 9.81. The molecule has 1 aliphatic carbocycles. The fourth-order valence-electron chi connectivity index (χ4n) is 2.16. The third-order valence-corrected chi connectivity index (χ3v) is 3.59. The molecule has 1 atom stereocenters. The van der Waals surface area contributed by atoms with Crippen molar-refractivity contribution in [2.24, 2.45) is 11.7 Å². The Morgan fingerprint density at radius 3 is 2.57 bits per heavy atom. The lowest BCUT2D eigenvalue weighted by atomic mass is 9.95. The molecule has 0 aromatic rings. The molecule has 3 N–H and O–H groups in total. The van der Waals surface area contributed by atoms with Crippen LogP contribution in [-0.2, 0) is 0 Å². The van der Waals surface area contributed by atoms with E-state index in [4.69, 9.17) is 5.73 Å². The van der Waals surface area contributed by atoms with Crippen molar-refractivity contribution in [2.45, 2.75) is 57.9 Å². The molecule has 0 spiro atoms. The Morgan fingerprint density at radius 1 is 1.36 bits per heavy atom. The maximum absolute atomic E-state index is 6.27. The van der Waals surface area contributed by atoms with Gasteiger partial charge in [-0.15, -0.1) is 0 Å². The molecule has 1 rings (SSSR count). The maximum Gasteiger partial charge on any atom is 0.0166 e. The van der Waals surface area contributed by atoms with Crippen LogP contribution < -0.4 is 11.1 Å². The van der Waals surface area contributed by atoms with Crippen LogP contribution >= 0.6 is 0 Å². The van der Waals surface area contributed by atoms with E-state index in [0.717, 1.165) is 25.4 Å². The van der Waals surface area contributed by atoms with Crippen LogP contribution in [0.2, 0.25) is 0 Å². The Balaban J connectivity index is 2.03. The topological polar surface area (TPSA) is 38.0 Å². The van der Waals surface area contributed by atoms with Crippen LogP contribution in [0.4, 0.5) is 0 Å². The molecule has 1 aliphatic rings. The van der Waals surface area contributed by atoms with Crippen molar-refractivity contribution in [2.75, 3.05) is 13.1 Å². The second-order valence-corrected chi connectivity index (χ2v) is 5.04. The van der Waals surface area contributed by atoms with Crippen molar-refractivity contribution in [3.8, 4) is 0 Å². The lowest BCUT2D eigenvalue weighted by Crippen LogP contribution is -2.39. The fourth-order valence-corrected chi connectivity index (χ4v) is 2.16. The quantitative estimate of drug-likeness (QED) is 0.643. The standard InChI is InChI=1S/C12H26N2/c1-3-11(2)10-14-9-8-12(13)6-4-5-7-12/h11,14H,3-10,13H2,1-2H3. The van der Waals surface area contributed by atoms with E-state index in [2.05, 4.69) is 19.2 Å². The van der Waals surface area contributed by atoms with Crippen LogP contribution in [-0.4, -0.2) is 18.6 Å². The van der Waals surface area contributed by atoms with Gasteiger partial charge >= 0.3 is 0 Å². The van der Waals surface area contributed by atoms with Crippen LogP contribution in [0.25, 0.3) is 0 Å². The number of hydrogen-bond donors (Lipinski definition) is 2. The summed E-state index contributed by atoms with van der Waals surface area (Å²) in [6.07, 6.45) is 7.56. The van der Waals surface area contributed by atoms with E-state index in [1.54, 1.807) is 0 Å². The summed E-state index contributed by atoms with van der Waals surface area (Å²) in [5.74, 6) is 0.798. The van der Waals surface area contributed by atoms with E-state index >= 15 is 0 Å². The van der Waals surface area contributed by atoms with E-state index in [9.17, 15) is 0 Å². The number of nitrogens with one attached hydrogen (secondary N) is 1. The highest BCUT2D eigenvalue weighted by Crippen LogP contribution is 2.29. The lowest BCUT2D eigenvalue weighted by Gasteiger charge is -2.23. The number of rotatable bonds is 6. The highest BCUT2D eigenvalue weighted by atomic mass is 14.9. The second-order valence-electron chi connectivity index (χ2n) is 5.04. The molecular formula is C12H26N2. The van der Waals surface area contributed by atoms with Gasteiger partial charge in [-0.2, -0.15) is 0 Å². The predicted octanol–water partition coefficient (Wildman–Crippen LogP) is 2.28. The van der Waals surface area contributed by atoms with Gasteiger partial charge in [0.2, 0.25) is 0 Å². The molecule has 0 aromatic heterocycles. The second kappa shape index (κ2) is 5.72. The molecule has 0 heterocycles. The van der Waals surface area contributed by atoms with E-state index in [1.165, 1.54) is 32.1 Å². The van der Waals surface area contributed by atoms with E-state index in [0.29, 0.717) is 0 Å². The molecule has 0 radical (unpaired) electrons. The summed E-state index contributed by atoms with van der Waals surface area (Å²) in [7, 11) is 0. The minimum absolute atomic E-state index is 0.169.